The van der Waals surface area contributed by atoms with E-state index in [0.29, 0.717) is 28.5 Å². The second-order valence-corrected chi connectivity index (χ2v) is 8.49. The van der Waals surface area contributed by atoms with E-state index in [1.54, 1.807) is 18.6 Å². The van der Waals surface area contributed by atoms with Crippen molar-refractivity contribution in [3.8, 4) is 5.69 Å². The fourth-order valence-electron chi connectivity index (χ4n) is 3.92. The Hall–Kier alpha value is -4.41. The molecule has 2 N–H and O–H groups in total. The molecule has 8 nitrogen and oxygen atoms in total. The average molecular weight is 493 g/mol. The lowest BCUT2D eigenvalue weighted by Crippen LogP contribution is -2.08. The van der Waals surface area contributed by atoms with E-state index in [-0.39, 0.29) is 12.6 Å². The maximum atomic E-state index is 13.1. The molecule has 0 spiro atoms. The number of nitrogens with zero attached hydrogens (tertiary/aromatic N) is 6. The van der Waals surface area contributed by atoms with E-state index in [1.165, 1.54) is 12.4 Å². The molecule has 3 heterocycles. The predicted octanol–water partition coefficient (Wildman–Crippen LogP) is 5.97. The summed E-state index contributed by atoms with van der Waals surface area (Å²) in [4.78, 5) is 17.5. The van der Waals surface area contributed by atoms with Crippen LogP contribution in [0.25, 0.3) is 16.9 Å². The van der Waals surface area contributed by atoms with Crippen LogP contribution in [0.5, 0.6) is 0 Å². The van der Waals surface area contributed by atoms with Crippen LogP contribution in [0.15, 0.2) is 73.6 Å². The molecule has 0 aliphatic rings. The summed E-state index contributed by atoms with van der Waals surface area (Å²) in [6.45, 7) is 4.20. The molecule has 3 aromatic heterocycles. The number of rotatable bonds is 7. The first kappa shape index (κ1) is 23.3. The first-order valence-electron chi connectivity index (χ1n) is 11.3. The van der Waals surface area contributed by atoms with Crippen molar-refractivity contribution in [2.45, 2.75) is 32.6 Å². The summed E-state index contributed by atoms with van der Waals surface area (Å²) in [5.41, 5.74) is 2.74. The van der Waals surface area contributed by atoms with Crippen LogP contribution in [0.2, 0.25) is 0 Å². The molecule has 0 atom stereocenters. The van der Waals surface area contributed by atoms with Gasteiger partial charge in [0.25, 0.3) is 0 Å². The van der Waals surface area contributed by atoms with Crippen molar-refractivity contribution in [1.29, 1.82) is 0 Å². The smallest absolute Gasteiger partial charge is 0.364 e. The minimum Gasteiger partial charge on any atom is -0.364 e. The molecule has 11 heteroatoms. The SMILES string of the molecule is CC(C)n1c(Nc2ccc(-n3ccnc3)cc2)nc2c(NCc3cccc(C(F)(F)F)c3)ncnc21. The number of halogens is 3. The standard InChI is InChI=1S/C25H23F3N8/c1-16(2)36-23-21(34-24(36)33-19-6-8-20(9-7-19)35-11-10-29-15-35)22(31-14-32-23)30-13-17-4-3-5-18(12-17)25(26,27)28/h3-12,14-16H,13H2,1-2H3,(H,33,34)(H,30,31,32). The number of imidazole rings is 2. The van der Waals surface area contributed by atoms with Gasteiger partial charge in [0.2, 0.25) is 5.95 Å². The number of anilines is 3. The summed E-state index contributed by atoms with van der Waals surface area (Å²) in [6, 6.07) is 13.1. The van der Waals surface area contributed by atoms with Gasteiger partial charge < -0.3 is 15.2 Å². The quantitative estimate of drug-likeness (QED) is 0.291. The van der Waals surface area contributed by atoms with Crippen LogP contribution in [-0.2, 0) is 12.7 Å². The van der Waals surface area contributed by atoms with E-state index in [9.17, 15) is 13.2 Å². The number of nitrogens with one attached hydrogen (secondary N) is 2. The first-order chi connectivity index (χ1) is 17.3. The zero-order chi connectivity index (χ0) is 25.3. The Morgan fingerprint density at radius 2 is 1.83 bits per heavy atom. The van der Waals surface area contributed by atoms with E-state index in [4.69, 9.17) is 4.98 Å². The lowest BCUT2D eigenvalue weighted by atomic mass is 10.1. The molecular weight excluding hydrogens is 469 g/mol. The van der Waals surface area contributed by atoms with Gasteiger partial charge in [0, 0.05) is 36.4 Å². The molecule has 5 aromatic rings. The minimum atomic E-state index is -4.40. The molecule has 0 amide bonds. The summed E-state index contributed by atoms with van der Waals surface area (Å²) in [5.74, 6) is 1.02. The van der Waals surface area contributed by atoms with Gasteiger partial charge >= 0.3 is 6.18 Å². The van der Waals surface area contributed by atoms with Gasteiger partial charge in [-0.25, -0.2) is 19.9 Å². The van der Waals surface area contributed by atoms with Gasteiger partial charge in [0.15, 0.2) is 17.0 Å². The molecule has 184 valence electrons. The highest BCUT2D eigenvalue weighted by molar-refractivity contribution is 5.86. The van der Waals surface area contributed by atoms with Crippen LogP contribution >= 0.6 is 0 Å². The molecule has 0 aliphatic carbocycles. The fraction of sp³-hybridized carbons (Fsp3) is 0.200. The van der Waals surface area contributed by atoms with E-state index >= 15 is 0 Å². The van der Waals surface area contributed by atoms with Gasteiger partial charge in [-0.2, -0.15) is 13.2 Å². The Labute approximate surface area is 204 Å². The van der Waals surface area contributed by atoms with Crippen LogP contribution in [0, 0.1) is 0 Å². The number of aromatic nitrogens is 6. The molecule has 0 fully saturated rings. The average Bonchev–Trinajstić information content (AvgIpc) is 3.51. The van der Waals surface area contributed by atoms with Crippen LogP contribution in [0.3, 0.4) is 0 Å². The topological polar surface area (TPSA) is 85.5 Å². The molecule has 0 saturated heterocycles. The molecule has 5 rings (SSSR count). The monoisotopic (exact) mass is 492 g/mol. The molecule has 2 aromatic carbocycles. The van der Waals surface area contributed by atoms with Gasteiger partial charge in [0.05, 0.1) is 11.9 Å². The zero-order valence-corrected chi connectivity index (χ0v) is 19.5. The zero-order valence-electron chi connectivity index (χ0n) is 19.5. The van der Waals surface area contributed by atoms with Gasteiger partial charge in [0.1, 0.15) is 6.33 Å². The first-order valence-corrected chi connectivity index (χ1v) is 11.3. The molecular formula is C25H23F3N8. The highest BCUT2D eigenvalue weighted by Crippen LogP contribution is 2.31. The number of fused-ring (bicyclic) bond motifs is 1. The van der Waals surface area contributed by atoms with Crippen LogP contribution in [0.1, 0.15) is 31.0 Å². The Bertz CT molecular complexity index is 1470. The third kappa shape index (κ3) is 4.72. The van der Waals surface area contributed by atoms with Crippen molar-refractivity contribution in [2.75, 3.05) is 10.6 Å². The predicted molar refractivity (Wildman–Crippen MR) is 131 cm³/mol. The number of alkyl halides is 3. The lowest BCUT2D eigenvalue weighted by molar-refractivity contribution is -0.137. The summed E-state index contributed by atoms with van der Waals surface area (Å²) in [6.07, 6.45) is 2.34. The molecule has 36 heavy (non-hydrogen) atoms. The number of hydrogen-bond acceptors (Lipinski definition) is 6. The van der Waals surface area contributed by atoms with Crippen molar-refractivity contribution in [2.24, 2.45) is 0 Å². The molecule has 0 bridgehead atoms. The Balaban J connectivity index is 1.42. The third-order valence-corrected chi connectivity index (χ3v) is 5.63. The molecule has 0 radical (unpaired) electrons. The van der Waals surface area contributed by atoms with Gasteiger partial charge in [-0.3, -0.25) is 4.57 Å². The van der Waals surface area contributed by atoms with Crippen molar-refractivity contribution >= 4 is 28.6 Å². The minimum absolute atomic E-state index is 0.0361. The van der Waals surface area contributed by atoms with E-state index in [0.717, 1.165) is 23.5 Å². The summed E-state index contributed by atoms with van der Waals surface area (Å²) < 4.78 is 43.1. The summed E-state index contributed by atoms with van der Waals surface area (Å²) in [5, 5.41) is 6.47. The highest BCUT2D eigenvalue weighted by Gasteiger charge is 2.30. The largest absolute Gasteiger partial charge is 0.416 e. The van der Waals surface area contributed by atoms with E-state index < -0.39 is 11.7 Å². The molecule has 0 aliphatic heterocycles. The normalized spacial score (nSPS) is 11.8. The third-order valence-electron chi connectivity index (χ3n) is 5.63. The van der Waals surface area contributed by atoms with Crippen molar-refractivity contribution in [3.05, 3.63) is 84.7 Å². The lowest BCUT2D eigenvalue weighted by Gasteiger charge is -2.14. The Morgan fingerprint density at radius 1 is 1.03 bits per heavy atom. The second-order valence-electron chi connectivity index (χ2n) is 8.49. The van der Waals surface area contributed by atoms with E-state index in [1.807, 2.05) is 53.4 Å². The number of benzene rings is 2. The maximum absolute atomic E-state index is 13.1. The second kappa shape index (κ2) is 9.33. The fourth-order valence-corrected chi connectivity index (χ4v) is 3.92. The summed E-state index contributed by atoms with van der Waals surface area (Å²) in [7, 11) is 0. The van der Waals surface area contributed by atoms with Crippen molar-refractivity contribution in [3.63, 3.8) is 0 Å². The van der Waals surface area contributed by atoms with Gasteiger partial charge in [-0.05, 0) is 55.8 Å². The van der Waals surface area contributed by atoms with Gasteiger partial charge in [-0.15, -0.1) is 0 Å². The molecule has 0 saturated carbocycles. The van der Waals surface area contributed by atoms with Crippen LogP contribution in [-0.4, -0.2) is 29.1 Å². The summed E-state index contributed by atoms with van der Waals surface area (Å²) >= 11 is 0. The highest BCUT2D eigenvalue weighted by atomic mass is 19.4. The van der Waals surface area contributed by atoms with Crippen molar-refractivity contribution in [1.82, 2.24) is 29.1 Å². The van der Waals surface area contributed by atoms with E-state index in [2.05, 4.69) is 25.6 Å². The van der Waals surface area contributed by atoms with Gasteiger partial charge in [-0.1, -0.05) is 12.1 Å². The van der Waals surface area contributed by atoms with Crippen LogP contribution < -0.4 is 10.6 Å². The Kier molecular flexibility index (Phi) is 6.05. The van der Waals surface area contributed by atoms with Crippen LogP contribution in [0.4, 0.5) is 30.6 Å². The van der Waals surface area contributed by atoms with Crippen molar-refractivity contribution < 1.29 is 13.2 Å². The number of hydrogen-bond donors (Lipinski definition) is 2. The molecule has 0 unspecified atom stereocenters. The Morgan fingerprint density at radius 3 is 2.53 bits per heavy atom. The maximum Gasteiger partial charge on any atom is 0.416 e.